The number of hydrogen-bond donors (Lipinski definition) is 1. The highest BCUT2D eigenvalue weighted by Gasteiger charge is 2.10. The zero-order chi connectivity index (χ0) is 15.1. The lowest BCUT2D eigenvalue weighted by molar-refractivity contribution is -0.138. The molecule has 1 aromatic carbocycles. The summed E-state index contributed by atoms with van der Waals surface area (Å²) >= 11 is 5.96. The summed E-state index contributed by atoms with van der Waals surface area (Å²) in [6, 6.07) is 5.86. The fourth-order valence-corrected chi connectivity index (χ4v) is 2.00. The molecule has 0 aliphatic carbocycles. The summed E-state index contributed by atoms with van der Waals surface area (Å²) in [7, 11) is 1.64. The number of carbonyl (C=O) groups is 2. The summed E-state index contributed by atoms with van der Waals surface area (Å²) in [6.45, 7) is 2.21. The maximum absolute atomic E-state index is 11.8. The third-order valence-electron chi connectivity index (χ3n) is 3.17. The van der Waals surface area contributed by atoms with E-state index in [0.717, 1.165) is 29.0 Å². The Kier molecular flexibility index (Phi) is 6.52. The van der Waals surface area contributed by atoms with Gasteiger partial charge in [-0.3, -0.25) is 9.59 Å². The topological polar surface area (TPSA) is 57.6 Å². The van der Waals surface area contributed by atoms with E-state index in [-0.39, 0.29) is 18.9 Å². The maximum Gasteiger partial charge on any atom is 0.305 e. The van der Waals surface area contributed by atoms with E-state index in [1.807, 2.05) is 25.1 Å². The lowest BCUT2D eigenvalue weighted by Crippen LogP contribution is -2.28. The average molecular weight is 298 g/mol. The molecule has 4 nitrogen and oxygen atoms in total. The summed E-state index contributed by atoms with van der Waals surface area (Å²) in [5, 5.41) is 9.32. The maximum atomic E-state index is 11.8. The van der Waals surface area contributed by atoms with E-state index < -0.39 is 5.97 Å². The van der Waals surface area contributed by atoms with E-state index in [0.29, 0.717) is 6.42 Å². The predicted molar refractivity (Wildman–Crippen MR) is 79.0 cm³/mol. The number of rotatable bonds is 7. The van der Waals surface area contributed by atoms with Crippen LogP contribution in [-0.4, -0.2) is 35.5 Å². The normalized spacial score (nSPS) is 10.3. The molecule has 110 valence electrons. The monoisotopic (exact) mass is 297 g/mol. The molecule has 0 saturated heterocycles. The van der Waals surface area contributed by atoms with Crippen LogP contribution in [0.3, 0.4) is 0 Å². The quantitative estimate of drug-likeness (QED) is 0.842. The molecule has 0 unspecified atom stereocenters. The number of benzene rings is 1. The minimum atomic E-state index is -0.888. The van der Waals surface area contributed by atoms with Crippen LogP contribution >= 0.6 is 11.6 Å². The van der Waals surface area contributed by atoms with E-state index in [1.165, 1.54) is 4.90 Å². The van der Waals surface area contributed by atoms with Crippen LogP contribution in [0.1, 0.15) is 30.4 Å². The molecule has 0 aliphatic rings. The Balaban J connectivity index is 2.34. The predicted octanol–water partition coefficient (Wildman–Crippen LogP) is 2.90. The number of carbonyl (C=O) groups excluding carboxylic acids is 1. The van der Waals surface area contributed by atoms with E-state index in [9.17, 15) is 9.59 Å². The minimum absolute atomic E-state index is 0.0153. The van der Waals surface area contributed by atoms with Crippen LogP contribution in [0, 0.1) is 6.92 Å². The second-order valence-electron chi connectivity index (χ2n) is 4.90. The van der Waals surface area contributed by atoms with Gasteiger partial charge < -0.3 is 10.0 Å². The summed E-state index contributed by atoms with van der Waals surface area (Å²) in [5.41, 5.74) is 2.20. The molecular formula is C15H20ClNO3. The van der Waals surface area contributed by atoms with E-state index in [1.54, 1.807) is 7.05 Å². The van der Waals surface area contributed by atoms with Crippen molar-refractivity contribution in [1.29, 1.82) is 0 Å². The van der Waals surface area contributed by atoms with Crippen LogP contribution in [0.15, 0.2) is 18.2 Å². The zero-order valence-electron chi connectivity index (χ0n) is 11.9. The van der Waals surface area contributed by atoms with Crippen molar-refractivity contribution in [2.75, 3.05) is 13.6 Å². The number of nitrogens with zero attached hydrogens (tertiary/aromatic N) is 1. The van der Waals surface area contributed by atoms with Gasteiger partial charge in [-0.25, -0.2) is 0 Å². The first-order chi connectivity index (χ1) is 9.40. The Morgan fingerprint density at radius 2 is 2.00 bits per heavy atom. The fraction of sp³-hybridized carbons (Fsp3) is 0.467. The van der Waals surface area contributed by atoms with Crippen molar-refractivity contribution in [2.24, 2.45) is 0 Å². The van der Waals surface area contributed by atoms with Crippen molar-refractivity contribution in [2.45, 2.75) is 32.6 Å². The number of hydrogen-bond acceptors (Lipinski definition) is 2. The molecule has 0 saturated carbocycles. The second kappa shape index (κ2) is 7.90. The molecule has 0 bridgehead atoms. The molecule has 0 aromatic heterocycles. The van der Waals surface area contributed by atoms with E-state index in [4.69, 9.17) is 16.7 Å². The lowest BCUT2D eigenvalue weighted by atomic mass is 10.1. The van der Waals surface area contributed by atoms with Crippen LogP contribution in [0.2, 0.25) is 5.02 Å². The molecule has 20 heavy (non-hydrogen) atoms. The highest BCUT2D eigenvalue weighted by Crippen LogP contribution is 2.17. The first-order valence-corrected chi connectivity index (χ1v) is 6.98. The van der Waals surface area contributed by atoms with Crippen molar-refractivity contribution in [3.63, 3.8) is 0 Å². The number of carboxylic acids is 1. The number of aliphatic carboxylic acids is 1. The van der Waals surface area contributed by atoms with Crippen molar-refractivity contribution < 1.29 is 14.7 Å². The van der Waals surface area contributed by atoms with Gasteiger partial charge in [0.2, 0.25) is 5.91 Å². The van der Waals surface area contributed by atoms with Gasteiger partial charge in [-0.1, -0.05) is 23.7 Å². The zero-order valence-corrected chi connectivity index (χ0v) is 12.6. The van der Waals surface area contributed by atoms with Crippen LogP contribution in [-0.2, 0) is 16.0 Å². The molecule has 0 heterocycles. The minimum Gasteiger partial charge on any atom is -0.481 e. The van der Waals surface area contributed by atoms with Gasteiger partial charge in [-0.2, -0.15) is 0 Å². The lowest BCUT2D eigenvalue weighted by Gasteiger charge is -2.15. The molecular weight excluding hydrogens is 278 g/mol. The van der Waals surface area contributed by atoms with Crippen molar-refractivity contribution >= 4 is 23.5 Å². The Morgan fingerprint density at radius 1 is 1.30 bits per heavy atom. The third kappa shape index (κ3) is 5.61. The molecule has 0 radical (unpaired) electrons. The Bertz CT molecular complexity index is 488. The van der Waals surface area contributed by atoms with E-state index >= 15 is 0 Å². The molecule has 0 aliphatic heterocycles. The molecule has 1 amide bonds. The van der Waals surface area contributed by atoms with Crippen LogP contribution in [0.25, 0.3) is 0 Å². The van der Waals surface area contributed by atoms with Gasteiger partial charge in [0.25, 0.3) is 0 Å². The molecule has 1 rings (SSSR count). The van der Waals surface area contributed by atoms with Crippen molar-refractivity contribution in [3.8, 4) is 0 Å². The van der Waals surface area contributed by atoms with Crippen molar-refractivity contribution in [1.82, 2.24) is 4.90 Å². The first kappa shape index (κ1) is 16.5. The summed E-state index contributed by atoms with van der Waals surface area (Å²) < 4.78 is 0. The molecule has 0 fully saturated rings. The average Bonchev–Trinajstić information content (AvgIpc) is 2.39. The number of amides is 1. The van der Waals surface area contributed by atoms with Gasteiger partial charge in [0.1, 0.15) is 0 Å². The summed E-state index contributed by atoms with van der Waals surface area (Å²) in [4.78, 5) is 23.7. The fourth-order valence-electron chi connectivity index (χ4n) is 1.88. The van der Waals surface area contributed by atoms with Crippen molar-refractivity contribution in [3.05, 3.63) is 34.3 Å². The molecule has 1 N–H and O–H groups in total. The Hall–Kier alpha value is -1.55. The highest BCUT2D eigenvalue weighted by atomic mass is 35.5. The van der Waals surface area contributed by atoms with Gasteiger partial charge in [-0.15, -0.1) is 0 Å². The molecule has 5 heteroatoms. The Morgan fingerprint density at radius 3 is 2.60 bits per heavy atom. The first-order valence-electron chi connectivity index (χ1n) is 6.61. The Labute approximate surface area is 124 Å². The molecule has 0 spiro atoms. The standard InChI is InChI=1S/C15H20ClNO3/c1-11-10-12(6-7-13(11)16)4-3-5-14(18)17(2)9-8-15(19)20/h6-7,10H,3-5,8-9H2,1-2H3,(H,19,20). The van der Waals surface area contributed by atoms with Gasteiger partial charge >= 0.3 is 5.97 Å². The van der Waals surface area contributed by atoms with Crippen LogP contribution in [0.5, 0.6) is 0 Å². The summed E-state index contributed by atoms with van der Waals surface area (Å²) in [5.74, 6) is -0.904. The largest absolute Gasteiger partial charge is 0.481 e. The SMILES string of the molecule is Cc1cc(CCCC(=O)N(C)CCC(=O)O)ccc1Cl. The number of halogens is 1. The van der Waals surface area contributed by atoms with E-state index in [2.05, 4.69) is 0 Å². The number of aryl methyl sites for hydroxylation is 2. The van der Waals surface area contributed by atoms with Gasteiger partial charge in [-0.05, 0) is 37.0 Å². The van der Waals surface area contributed by atoms with Gasteiger partial charge in [0, 0.05) is 25.0 Å². The highest BCUT2D eigenvalue weighted by molar-refractivity contribution is 6.31. The molecule has 1 aromatic rings. The number of carboxylic acid groups (broad SMARTS) is 1. The van der Waals surface area contributed by atoms with Gasteiger partial charge in [0.15, 0.2) is 0 Å². The van der Waals surface area contributed by atoms with Crippen LogP contribution < -0.4 is 0 Å². The third-order valence-corrected chi connectivity index (χ3v) is 3.59. The molecule has 0 atom stereocenters. The van der Waals surface area contributed by atoms with Crippen LogP contribution in [0.4, 0.5) is 0 Å². The summed E-state index contributed by atoms with van der Waals surface area (Å²) in [6.07, 6.45) is 1.98. The smallest absolute Gasteiger partial charge is 0.305 e. The second-order valence-corrected chi connectivity index (χ2v) is 5.30. The van der Waals surface area contributed by atoms with Gasteiger partial charge in [0.05, 0.1) is 6.42 Å².